The molecule has 0 fully saturated rings. The van der Waals surface area contributed by atoms with Crippen molar-refractivity contribution in [1.29, 1.82) is 0 Å². The van der Waals surface area contributed by atoms with Crippen molar-refractivity contribution in [3.63, 3.8) is 0 Å². The SMILES string of the molecule is CNC1CCCCc2cn(C(F)F)cc21. The number of aryl methyl sites for hydroxylation is 1. The summed E-state index contributed by atoms with van der Waals surface area (Å²) in [5.74, 6) is 0. The van der Waals surface area contributed by atoms with E-state index in [0.717, 1.165) is 41.4 Å². The highest BCUT2D eigenvalue weighted by Crippen LogP contribution is 2.30. The third-order valence-electron chi connectivity index (χ3n) is 3.10. The Morgan fingerprint density at radius 1 is 1.40 bits per heavy atom. The minimum Gasteiger partial charge on any atom is -0.313 e. The fourth-order valence-corrected chi connectivity index (χ4v) is 2.29. The van der Waals surface area contributed by atoms with E-state index >= 15 is 0 Å². The Balaban J connectivity index is 2.33. The highest BCUT2D eigenvalue weighted by molar-refractivity contribution is 5.29. The topological polar surface area (TPSA) is 17.0 Å². The van der Waals surface area contributed by atoms with Crippen LogP contribution in [0.4, 0.5) is 8.78 Å². The maximum absolute atomic E-state index is 12.5. The van der Waals surface area contributed by atoms with E-state index in [0.29, 0.717) is 0 Å². The van der Waals surface area contributed by atoms with E-state index in [1.165, 1.54) is 0 Å². The summed E-state index contributed by atoms with van der Waals surface area (Å²) in [6, 6.07) is 0.238. The largest absolute Gasteiger partial charge is 0.318 e. The fraction of sp³-hybridized carbons (Fsp3) is 0.636. The van der Waals surface area contributed by atoms with Crippen molar-refractivity contribution < 1.29 is 8.78 Å². The van der Waals surface area contributed by atoms with Crippen molar-refractivity contribution in [3.8, 4) is 0 Å². The molecule has 1 aromatic rings. The van der Waals surface area contributed by atoms with Gasteiger partial charge in [0.15, 0.2) is 0 Å². The molecule has 2 nitrogen and oxygen atoms in total. The number of hydrogen-bond donors (Lipinski definition) is 1. The summed E-state index contributed by atoms with van der Waals surface area (Å²) in [4.78, 5) is 0. The van der Waals surface area contributed by atoms with Crippen LogP contribution >= 0.6 is 0 Å². The molecule has 4 heteroatoms. The molecule has 1 aromatic heterocycles. The third-order valence-corrected chi connectivity index (χ3v) is 3.10. The van der Waals surface area contributed by atoms with Crippen molar-refractivity contribution in [1.82, 2.24) is 9.88 Å². The van der Waals surface area contributed by atoms with Gasteiger partial charge in [-0.3, -0.25) is 4.57 Å². The molecule has 0 radical (unpaired) electrons. The number of alkyl halides is 2. The van der Waals surface area contributed by atoms with Gasteiger partial charge in [0.05, 0.1) is 0 Å². The number of fused-ring (bicyclic) bond motifs is 1. The Hall–Kier alpha value is -0.900. The van der Waals surface area contributed by atoms with Gasteiger partial charge < -0.3 is 5.32 Å². The van der Waals surface area contributed by atoms with E-state index in [4.69, 9.17) is 0 Å². The van der Waals surface area contributed by atoms with E-state index in [9.17, 15) is 8.78 Å². The van der Waals surface area contributed by atoms with Crippen LogP contribution in [0, 0.1) is 0 Å². The van der Waals surface area contributed by atoms with Crippen molar-refractivity contribution in [2.24, 2.45) is 0 Å². The van der Waals surface area contributed by atoms with E-state index in [1.54, 1.807) is 12.4 Å². The number of rotatable bonds is 2. The first-order chi connectivity index (χ1) is 7.22. The lowest BCUT2D eigenvalue weighted by Gasteiger charge is -2.13. The maximum Gasteiger partial charge on any atom is 0.318 e. The average molecular weight is 214 g/mol. The van der Waals surface area contributed by atoms with Crippen molar-refractivity contribution in [2.75, 3.05) is 7.05 Å². The van der Waals surface area contributed by atoms with Gasteiger partial charge in [0.2, 0.25) is 0 Å². The van der Waals surface area contributed by atoms with Crippen LogP contribution in [0.15, 0.2) is 12.4 Å². The van der Waals surface area contributed by atoms with Crippen LogP contribution in [-0.2, 0) is 6.42 Å². The summed E-state index contributed by atoms with van der Waals surface area (Å²) in [5, 5.41) is 3.19. The zero-order chi connectivity index (χ0) is 10.8. The minimum absolute atomic E-state index is 0.238. The van der Waals surface area contributed by atoms with Gasteiger partial charge in [-0.2, -0.15) is 8.78 Å². The standard InChI is InChI=1S/C11H16F2N2/c1-14-10-5-3-2-4-8-6-15(11(12)13)7-9(8)10/h6-7,10-11,14H,2-5H2,1H3. The second kappa shape index (κ2) is 4.31. The van der Waals surface area contributed by atoms with Crippen LogP contribution in [0.25, 0.3) is 0 Å². The molecule has 0 spiro atoms. The Kier molecular flexibility index (Phi) is 3.05. The number of halogens is 2. The van der Waals surface area contributed by atoms with Gasteiger partial charge in [-0.15, -0.1) is 0 Å². The fourth-order valence-electron chi connectivity index (χ4n) is 2.29. The molecule has 1 heterocycles. The smallest absolute Gasteiger partial charge is 0.313 e. The molecule has 1 aliphatic carbocycles. The first-order valence-corrected chi connectivity index (χ1v) is 5.38. The summed E-state index contributed by atoms with van der Waals surface area (Å²) in [6.45, 7) is -2.42. The van der Waals surface area contributed by atoms with Gasteiger partial charge in [-0.05, 0) is 37.4 Å². The number of hydrogen-bond acceptors (Lipinski definition) is 1. The highest BCUT2D eigenvalue weighted by atomic mass is 19.3. The summed E-state index contributed by atoms with van der Waals surface area (Å²) in [7, 11) is 1.89. The zero-order valence-electron chi connectivity index (χ0n) is 8.84. The molecule has 15 heavy (non-hydrogen) atoms. The Labute approximate surface area is 88.3 Å². The molecule has 0 amide bonds. The van der Waals surface area contributed by atoms with Crippen LogP contribution in [-0.4, -0.2) is 11.6 Å². The lowest BCUT2D eigenvalue weighted by Crippen LogP contribution is -2.15. The van der Waals surface area contributed by atoms with Gasteiger partial charge in [0.1, 0.15) is 0 Å². The van der Waals surface area contributed by atoms with E-state index in [1.807, 2.05) is 7.05 Å². The van der Waals surface area contributed by atoms with Gasteiger partial charge >= 0.3 is 6.55 Å². The van der Waals surface area contributed by atoms with Gasteiger partial charge in [-0.25, -0.2) is 0 Å². The lowest BCUT2D eigenvalue weighted by molar-refractivity contribution is 0.0703. The van der Waals surface area contributed by atoms with E-state index in [-0.39, 0.29) is 6.04 Å². The van der Waals surface area contributed by atoms with Gasteiger partial charge in [0.25, 0.3) is 0 Å². The average Bonchev–Trinajstić information content (AvgIpc) is 2.54. The Morgan fingerprint density at radius 2 is 2.20 bits per heavy atom. The molecule has 2 rings (SSSR count). The summed E-state index contributed by atoms with van der Waals surface area (Å²) in [5.41, 5.74) is 2.13. The molecule has 0 aromatic carbocycles. The summed E-state index contributed by atoms with van der Waals surface area (Å²) in [6.07, 6.45) is 7.40. The highest BCUT2D eigenvalue weighted by Gasteiger charge is 2.20. The number of nitrogens with zero attached hydrogens (tertiary/aromatic N) is 1. The lowest BCUT2D eigenvalue weighted by atomic mass is 10.1. The van der Waals surface area contributed by atoms with Gasteiger partial charge in [-0.1, -0.05) is 6.42 Å². The number of aromatic nitrogens is 1. The molecule has 1 aliphatic rings. The molecule has 84 valence electrons. The van der Waals surface area contributed by atoms with Crippen LogP contribution < -0.4 is 5.32 Å². The molecule has 0 bridgehead atoms. The Morgan fingerprint density at radius 3 is 2.87 bits per heavy atom. The van der Waals surface area contributed by atoms with Gasteiger partial charge in [0, 0.05) is 18.4 Å². The number of nitrogens with one attached hydrogen (secondary N) is 1. The van der Waals surface area contributed by atoms with Crippen LogP contribution in [0.5, 0.6) is 0 Å². The molecule has 0 aliphatic heterocycles. The molecule has 1 atom stereocenters. The molecule has 0 saturated carbocycles. The minimum atomic E-state index is -2.42. The monoisotopic (exact) mass is 214 g/mol. The first kappa shape index (κ1) is 10.6. The van der Waals surface area contributed by atoms with E-state index < -0.39 is 6.55 Å². The summed E-state index contributed by atoms with van der Waals surface area (Å²) >= 11 is 0. The van der Waals surface area contributed by atoms with E-state index in [2.05, 4.69) is 5.32 Å². The third kappa shape index (κ3) is 2.04. The molecule has 1 N–H and O–H groups in total. The van der Waals surface area contributed by atoms with Crippen molar-refractivity contribution >= 4 is 0 Å². The second-order valence-corrected chi connectivity index (χ2v) is 4.05. The summed E-state index contributed by atoms with van der Waals surface area (Å²) < 4.78 is 26.1. The normalized spacial score (nSPS) is 21.5. The first-order valence-electron chi connectivity index (χ1n) is 5.38. The zero-order valence-corrected chi connectivity index (χ0v) is 8.84. The molecule has 0 saturated heterocycles. The van der Waals surface area contributed by atoms with Crippen LogP contribution in [0.3, 0.4) is 0 Å². The van der Waals surface area contributed by atoms with Crippen LogP contribution in [0.2, 0.25) is 0 Å². The van der Waals surface area contributed by atoms with Crippen molar-refractivity contribution in [3.05, 3.63) is 23.5 Å². The maximum atomic E-state index is 12.5. The van der Waals surface area contributed by atoms with Crippen LogP contribution in [0.1, 0.15) is 43.0 Å². The second-order valence-electron chi connectivity index (χ2n) is 4.05. The Bertz CT molecular complexity index is 333. The predicted octanol–water partition coefficient (Wildman–Crippen LogP) is 2.87. The molecular weight excluding hydrogens is 198 g/mol. The predicted molar refractivity (Wildman–Crippen MR) is 55.0 cm³/mol. The van der Waals surface area contributed by atoms with Crippen molar-refractivity contribution in [2.45, 2.75) is 38.3 Å². The quantitative estimate of drug-likeness (QED) is 0.749. The molecule has 1 unspecified atom stereocenters. The molecular formula is C11H16F2N2.